The fourth-order valence-electron chi connectivity index (χ4n) is 2.46. The van der Waals surface area contributed by atoms with E-state index in [0.29, 0.717) is 27.9 Å². The SMILES string of the molecule is COc1ccc2nc(NC(=O)c3cc(OC)c(OC)cc3OC)sc2c1. The highest BCUT2D eigenvalue weighted by Crippen LogP contribution is 2.35. The second-order valence-corrected chi connectivity index (χ2v) is 6.24. The Hall–Kier alpha value is -3.00. The van der Waals surface area contributed by atoms with Gasteiger partial charge in [-0.15, -0.1) is 0 Å². The van der Waals surface area contributed by atoms with Crippen LogP contribution in [-0.2, 0) is 0 Å². The largest absolute Gasteiger partial charge is 0.497 e. The Labute approximate surface area is 154 Å². The summed E-state index contributed by atoms with van der Waals surface area (Å²) in [5.41, 5.74) is 1.10. The zero-order chi connectivity index (χ0) is 18.7. The van der Waals surface area contributed by atoms with Gasteiger partial charge in [0.1, 0.15) is 11.5 Å². The lowest BCUT2D eigenvalue weighted by Gasteiger charge is -2.13. The number of amides is 1. The zero-order valence-corrected chi connectivity index (χ0v) is 15.6. The number of thiazole rings is 1. The first-order chi connectivity index (χ1) is 12.6. The van der Waals surface area contributed by atoms with Gasteiger partial charge in [0, 0.05) is 12.1 Å². The molecule has 136 valence electrons. The highest BCUT2D eigenvalue weighted by Gasteiger charge is 2.19. The summed E-state index contributed by atoms with van der Waals surface area (Å²) in [6.07, 6.45) is 0. The fraction of sp³-hybridized carbons (Fsp3) is 0.222. The first kappa shape index (κ1) is 17.8. The number of rotatable bonds is 6. The number of carbonyl (C=O) groups excluding carboxylic acids is 1. The average Bonchev–Trinajstić information content (AvgIpc) is 3.07. The van der Waals surface area contributed by atoms with Crippen LogP contribution in [0.25, 0.3) is 10.2 Å². The summed E-state index contributed by atoms with van der Waals surface area (Å²) in [6, 6.07) is 8.72. The molecule has 1 N–H and O–H groups in total. The molecular weight excluding hydrogens is 356 g/mol. The van der Waals surface area contributed by atoms with E-state index in [-0.39, 0.29) is 5.91 Å². The van der Waals surface area contributed by atoms with Gasteiger partial charge in [-0.3, -0.25) is 10.1 Å². The highest BCUT2D eigenvalue weighted by atomic mass is 32.1. The molecular formula is C18H18N2O5S. The van der Waals surface area contributed by atoms with Crippen molar-refractivity contribution >= 4 is 32.6 Å². The number of methoxy groups -OCH3 is 4. The van der Waals surface area contributed by atoms with Crippen molar-refractivity contribution in [2.45, 2.75) is 0 Å². The molecule has 0 aliphatic rings. The van der Waals surface area contributed by atoms with Crippen molar-refractivity contribution in [2.75, 3.05) is 33.8 Å². The van der Waals surface area contributed by atoms with Crippen LogP contribution in [0.2, 0.25) is 0 Å². The predicted octanol–water partition coefficient (Wildman–Crippen LogP) is 3.58. The Morgan fingerprint density at radius 3 is 2.27 bits per heavy atom. The highest BCUT2D eigenvalue weighted by molar-refractivity contribution is 7.22. The number of carbonyl (C=O) groups is 1. The summed E-state index contributed by atoms with van der Waals surface area (Å²) in [4.78, 5) is 17.1. The molecule has 1 amide bonds. The Bertz CT molecular complexity index is 954. The fourth-order valence-corrected chi connectivity index (χ4v) is 3.35. The van der Waals surface area contributed by atoms with E-state index in [1.54, 1.807) is 19.2 Å². The molecule has 3 aromatic rings. The summed E-state index contributed by atoms with van der Waals surface area (Å²) < 4.78 is 21.9. The molecule has 0 saturated carbocycles. The van der Waals surface area contributed by atoms with Crippen LogP contribution in [0.5, 0.6) is 23.0 Å². The Kier molecular flexibility index (Phi) is 5.13. The van der Waals surface area contributed by atoms with Crippen molar-refractivity contribution in [1.82, 2.24) is 4.98 Å². The molecule has 1 heterocycles. The predicted molar refractivity (Wildman–Crippen MR) is 100 cm³/mol. The summed E-state index contributed by atoms with van der Waals surface area (Å²) in [5.74, 6) is 1.68. The number of nitrogens with zero attached hydrogens (tertiary/aromatic N) is 1. The van der Waals surface area contributed by atoms with Crippen molar-refractivity contribution in [2.24, 2.45) is 0 Å². The maximum atomic E-state index is 12.7. The van der Waals surface area contributed by atoms with E-state index in [0.717, 1.165) is 16.0 Å². The van der Waals surface area contributed by atoms with Crippen LogP contribution in [0, 0.1) is 0 Å². The molecule has 7 nitrogen and oxygen atoms in total. The molecule has 0 unspecified atom stereocenters. The van der Waals surface area contributed by atoms with Crippen molar-refractivity contribution in [1.29, 1.82) is 0 Å². The lowest BCUT2D eigenvalue weighted by atomic mass is 10.1. The van der Waals surface area contributed by atoms with Gasteiger partial charge in [0.05, 0.1) is 44.2 Å². The maximum Gasteiger partial charge on any atom is 0.261 e. The van der Waals surface area contributed by atoms with E-state index in [1.807, 2.05) is 18.2 Å². The van der Waals surface area contributed by atoms with Crippen LogP contribution < -0.4 is 24.3 Å². The number of hydrogen-bond donors (Lipinski definition) is 1. The molecule has 2 aromatic carbocycles. The normalized spacial score (nSPS) is 10.5. The summed E-state index contributed by atoms with van der Waals surface area (Å²) in [7, 11) is 6.12. The smallest absolute Gasteiger partial charge is 0.261 e. The standard InChI is InChI=1S/C18H18N2O5S/c1-22-10-5-6-12-16(7-10)26-18(19-12)20-17(21)11-8-14(24-3)15(25-4)9-13(11)23-2/h5-9H,1-4H3,(H,19,20,21). The first-order valence-corrected chi connectivity index (χ1v) is 8.47. The van der Waals surface area contributed by atoms with E-state index in [2.05, 4.69) is 10.3 Å². The summed E-state index contributed by atoms with van der Waals surface area (Å²) in [6.45, 7) is 0. The second kappa shape index (κ2) is 7.49. The molecule has 0 saturated heterocycles. The topological polar surface area (TPSA) is 78.9 Å². The van der Waals surface area contributed by atoms with Gasteiger partial charge in [0.25, 0.3) is 5.91 Å². The van der Waals surface area contributed by atoms with Crippen molar-refractivity contribution in [3.8, 4) is 23.0 Å². The molecule has 0 bridgehead atoms. The summed E-state index contributed by atoms with van der Waals surface area (Å²) >= 11 is 1.36. The van der Waals surface area contributed by atoms with Gasteiger partial charge in [0.15, 0.2) is 16.6 Å². The van der Waals surface area contributed by atoms with Gasteiger partial charge in [-0.05, 0) is 18.2 Å². The Morgan fingerprint density at radius 2 is 1.62 bits per heavy atom. The Balaban J connectivity index is 1.92. The van der Waals surface area contributed by atoms with Crippen LogP contribution in [0.3, 0.4) is 0 Å². The quantitative estimate of drug-likeness (QED) is 0.710. The van der Waals surface area contributed by atoms with E-state index in [1.165, 1.54) is 32.7 Å². The first-order valence-electron chi connectivity index (χ1n) is 7.65. The Morgan fingerprint density at radius 1 is 0.923 bits per heavy atom. The van der Waals surface area contributed by atoms with E-state index in [4.69, 9.17) is 18.9 Å². The van der Waals surface area contributed by atoms with Crippen LogP contribution in [0.15, 0.2) is 30.3 Å². The van der Waals surface area contributed by atoms with E-state index >= 15 is 0 Å². The monoisotopic (exact) mass is 374 g/mol. The molecule has 0 spiro atoms. The van der Waals surface area contributed by atoms with Gasteiger partial charge < -0.3 is 18.9 Å². The number of ether oxygens (including phenoxy) is 4. The third-order valence-electron chi connectivity index (χ3n) is 3.77. The lowest BCUT2D eigenvalue weighted by molar-refractivity contribution is 0.102. The van der Waals surface area contributed by atoms with Gasteiger partial charge in [-0.2, -0.15) is 0 Å². The number of benzene rings is 2. The minimum atomic E-state index is -0.353. The van der Waals surface area contributed by atoms with Crippen molar-refractivity contribution in [3.63, 3.8) is 0 Å². The van der Waals surface area contributed by atoms with Crippen LogP contribution in [0.1, 0.15) is 10.4 Å². The number of aromatic nitrogens is 1. The maximum absolute atomic E-state index is 12.7. The molecule has 0 aliphatic carbocycles. The number of fused-ring (bicyclic) bond motifs is 1. The molecule has 3 rings (SSSR count). The second-order valence-electron chi connectivity index (χ2n) is 5.21. The average molecular weight is 374 g/mol. The minimum Gasteiger partial charge on any atom is -0.497 e. The minimum absolute atomic E-state index is 0.321. The van der Waals surface area contributed by atoms with Gasteiger partial charge in [-0.1, -0.05) is 11.3 Å². The van der Waals surface area contributed by atoms with Gasteiger partial charge >= 0.3 is 0 Å². The number of anilines is 1. The number of nitrogens with one attached hydrogen (secondary N) is 1. The van der Waals surface area contributed by atoms with Gasteiger partial charge in [-0.25, -0.2) is 4.98 Å². The third-order valence-corrected chi connectivity index (χ3v) is 4.70. The van der Waals surface area contributed by atoms with Crippen LogP contribution in [0.4, 0.5) is 5.13 Å². The van der Waals surface area contributed by atoms with Crippen LogP contribution >= 0.6 is 11.3 Å². The molecule has 0 radical (unpaired) electrons. The van der Waals surface area contributed by atoms with Crippen LogP contribution in [-0.4, -0.2) is 39.3 Å². The summed E-state index contributed by atoms with van der Waals surface area (Å²) in [5, 5.41) is 3.28. The molecule has 1 aromatic heterocycles. The number of hydrogen-bond acceptors (Lipinski definition) is 7. The van der Waals surface area contributed by atoms with E-state index in [9.17, 15) is 4.79 Å². The third kappa shape index (κ3) is 3.36. The molecule has 0 atom stereocenters. The molecule has 0 aliphatic heterocycles. The molecule has 0 fully saturated rings. The van der Waals surface area contributed by atoms with Crippen molar-refractivity contribution in [3.05, 3.63) is 35.9 Å². The lowest BCUT2D eigenvalue weighted by Crippen LogP contribution is -2.13. The van der Waals surface area contributed by atoms with E-state index < -0.39 is 0 Å². The van der Waals surface area contributed by atoms with Crippen molar-refractivity contribution < 1.29 is 23.7 Å². The zero-order valence-electron chi connectivity index (χ0n) is 14.8. The van der Waals surface area contributed by atoms with Gasteiger partial charge in [0.2, 0.25) is 0 Å². The molecule has 26 heavy (non-hydrogen) atoms. The molecule has 8 heteroatoms.